The Hall–Kier alpha value is -4.33. The number of phenolic OH excluding ortho intramolecular Hbond substituents is 1. The predicted octanol–water partition coefficient (Wildman–Crippen LogP) is 3.71. The van der Waals surface area contributed by atoms with Crippen LogP contribution in [0.1, 0.15) is 91.5 Å². The second-order valence-electron chi connectivity index (χ2n) is 13.7. The molecule has 5 rings (SSSR count). The molecule has 3 heterocycles. The van der Waals surface area contributed by atoms with Gasteiger partial charge in [0, 0.05) is 62.2 Å². The van der Waals surface area contributed by atoms with E-state index >= 15 is 0 Å². The van der Waals surface area contributed by atoms with E-state index in [4.69, 9.17) is 18.9 Å². The second-order valence-corrected chi connectivity index (χ2v) is 13.7. The number of carbonyl (C=O) groups excluding carboxylic acids is 5. The number of benzene rings is 1. The van der Waals surface area contributed by atoms with Gasteiger partial charge in [-0.05, 0) is 19.4 Å². The summed E-state index contributed by atoms with van der Waals surface area (Å²) in [4.78, 5) is 66.3. The molecule has 0 saturated heterocycles. The molecular weight excluding hydrogens is 650 g/mol. The van der Waals surface area contributed by atoms with E-state index in [1.807, 2.05) is 0 Å². The Kier molecular flexibility index (Phi) is 11.4. The maximum absolute atomic E-state index is 13.9. The number of ketones is 3. The Labute approximate surface area is 291 Å². The molecule has 4 aliphatic rings. The first kappa shape index (κ1) is 38.5. The summed E-state index contributed by atoms with van der Waals surface area (Å²) in [6, 6.07) is 0. The number of aliphatic hydroxyl groups is 2. The number of rotatable bonds is 2. The summed E-state index contributed by atoms with van der Waals surface area (Å²) in [5.41, 5.74) is -1.36. The number of aliphatic hydroxyl groups excluding tert-OH is 2. The first-order valence-corrected chi connectivity index (χ1v) is 16.7. The van der Waals surface area contributed by atoms with Crippen molar-refractivity contribution in [2.24, 2.45) is 29.6 Å². The van der Waals surface area contributed by atoms with Crippen LogP contribution in [-0.2, 0) is 23.8 Å². The molecule has 1 unspecified atom stereocenters. The highest BCUT2D eigenvalue weighted by molar-refractivity contribution is 6.30. The SMILES string of the molecule is CO[C@H]1C=CO[C@@]2(C)Oc3c(C)c(O)c4c(c3C2=O)C(=O)C=C(NC(=O)C(C)C/C=C\[C@H](C)[C@H](O)[C@@H](C)[C@@H](O)[C@@H](C)[C@H](OC(C)=O)[C@@H]1C)C4=O. The van der Waals surface area contributed by atoms with E-state index in [1.165, 1.54) is 40.2 Å². The molecule has 4 N–H and O–H groups in total. The van der Waals surface area contributed by atoms with Gasteiger partial charge in [0.15, 0.2) is 5.78 Å². The molecule has 50 heavy (non-hydrogen) atoms. The zero-order chi connectivity index (χ0) is 37.4. The van der Waals surface area contributed by atoms with E-state index < -0.39 is 100 Å². The first-order valence-electron chi connectivity index (χ1n) is 16.7. The average molecular weight is 698 g/mol. The second kappa shape index (κ2) is 14.9. The summed E-state index contributed by atoms with van der Waals surface area (Å²) in [6.45, 7) is 12.5. The molecule has 1 aromatic carbocycles. The molecule has 0 fully saturated rings. The van der Waals surface area contributed by atoms with Gasteiger partial charge in [-0.1, -0.05) is 46.8 Å². The highest BCUT2D eigenvalue weighted by atomic mass is 16.7. The molecule has 3 aliphatic heterocycles. The number of ether oxygens (including phenoxy) is 4. The zero-order valence-corrected chi connectivity index (χ0v) is 29.8. The third-order valence-electron chi connectivity index (χ3n) is 10.1. The third-order valence-corrected chi connectivity index (χ3v) is 10.1. The molecule has 0 radical (unpaired) electrons. The largest absolute Gasteiger partial charge is 0.507 e. The molecule has 1 amide bonds. The van der Waals surface area contributed by atoms with Gasteiger partial charge in [-0.2, -0.15) is 0 Å². The predicted molar refractivity (Wildman–Crippen MR) is 179 cm³/mol. The zero-order valence-electron chi connectivity index (χ0n) is 29.8. The molecule has 13 heteroatoms. The van der Waals surface area contributed by atoms with Crippen LogP contribution in [0.3, 0.4) is 0 Å². The lowest BCUT2D eigenvalue weighted by atomic mass is 9.78. The van der Waals surface area contributed by atoms with Crippen LogP contribution in [-0.4, -0.2) is 81.9 Å². The summed E-state index contributed by atoms with van der Waals surface area (Å²) in [6.07, 6.45) is 3.41. The van der Waals surface area contributed by atoms with Gasteiger partial charge in [0.1, 0.15) is 17.6 Å². The van der Waals surface area contributed by atoms with E-state index in [9.17, 15) is 39.3 Å². The fraction of sp³-hybridized carbons (Fsp3) is 0.541. The van der Waals surface area contributed by atoms with Crippen molar-refractivity contribution in [3.8, 4) is 11.5 Å². The number of allylic oxidation sites excluding steroid dienone is 3. The number of Topliss-reactive ketones (excluding diaryl/α,β-unsaturated/α-hetero) is 2. The van der Waals surface area contributed by atoms with Crippen LogP contribution < -0.4 is 10.1 Å². The van der Waals surface area contributed by atoms with Gasteiger partial charge in [-0.15, -0.1) is 0 Å². The van der Waals surface area contributed by atoms with Gasteiger partial charge in [-0.3, -0.25) is 24.0 Å². The Morgan fingerprint density at radius 3 is 2.24 bits per heavy atom. The molecule has 0 spiro atoms. The fourth-order valence-corrected chi connectivity index (χ4v) is 6.81. The molecule has 5 bridgehead atoms. The first-order chi connectivity index (χ1) is 23.4. The van der Waals surface area contributed by atoms with E-state index in [2.05, 4.69) is 5.32 Å². The number of fused-ring (bicyclic) bond motifs is 15. The molecule has 0 saturated carbocycles. The molecular formula is C37H47NO12. The fourth-order valence-electron chi connectivity index (χ4n) is 6.81. The Morgan fingerprint density at radius 2 is 1.62 bits per heavy atom. The van der Waals surface area contributed by atoms with Crippen LogP contribution in [0.2, 0.25) is 0 Å². The van der Waals surface area contributed by atoms with E-state index in [1.54, 1.807) is 46.8 Å². The van der Waals surface area contributed by atoms with Crippen LogP contribution >= 0.6 is 0 Å². The molecule has 1 aliphatic carbocycles. The highest BCUT2D eigenvalue weighted by Crippen LogP contribution is 2.48. The number of amides is 1. The number of hydrogen-bond acceptors (Lipinski definition) is 12. The summed E-state index contributed by atoms with van der Waals surface area (Å²) < 4.78 is 23.1. The molecule has 272 valence electrons. The lowest BCUT2D eigenvalue weighted by Crippen LogP contribution is -2.46. The van der Waals surface area contributed by atoms with E-state index in [0.29, 0.717) is 0 Å². The van der Waals surface area contributed by atoms with Crippen LogP contribution in [0.4, 0.5) is 0 Å². The maximum Gasteiger partial charge on any atom is 0.312 e. The summed E-state index contributed by atoms with van der Waals surface area (Å²) >= 11 is 0. The van der Waals surface area contributed by atoms with Crippen molar-refractivity contribution in [1.29, 1.82) is 0 Å². The standard InChI is InChI=1S/C37H47NO12/c1-16-11-10-12-17(2)36(46)38-23-15-24(40)26-27(32(23)44)31(43)21(6)34-28(26)35(45)37(8,50-34)48-14-13-25(47-9)18(3)33(49-22(7)39)20(5)30(42)19(4)29(16)41/h10-11,13-20,25,29-30,33,41-43H,12H2,1-9H3,(H,38,46)/b11-10-,14-13?/t16-,17?,18+,19+,20+,25-,29-,30+,33+,37-/m0/s1. The van der Waals surface area contributed by atoms with Crippen molar-refractivity contribution < 1.29 is 58.2 Å². The Balaban J connectivity index is 1.80. The molecule has 0 aromatic heterocycles. The van der Waals surface area contributed by atoms with Gasteiger partial charge < -0.3 is 39.6 Å². The minimum Gasteiger partial charge on any atom is -0.507 e. The molecule has 1 aromatic rings. The van der Waals surface area contributed by atoms with Crippen molar-refractivity contribution >= 4 is 29.2 Å². The normalized spacial score (nSPS) is 34.4. The van der Waals surface area contributed by atoms with Crippen molar-refractivity contribution in [2.75, 3.05) is 7.11 Å². The monoisotopic (exact) mass is 697 g/mol. The quantitative estimate of drug-likeness (QED) is 0.259. The molecule has 13 nitrogen and oxygen atoms in total. The van der Waals surface area contributed by atoms with Crippen LogP contribution in [0.5, 0.6) is 11.5 Å². The van der Waals surface area contributed by atoms with Crippen molar-refractivity contribution in [1.82, 2.24) is 5.32 Å². The summed E-state index contributed by atoms with van der Waals surface area (Å²) in [5.74, 6) is -9.35. The number of phenols is 1. The number of aromatic hydroxyl groups is 1. The van der Waals surface area contributed by atoms with Crippen molar-refractivity contribution in [2.45, 2.75) is 92.0 Å². The summed E-state index contributed by atoms with van der Waals surface area (Å²) in [5, 5.41) is 36.2. The van der Waals surface area contributed by atoms with Gasteiger partial charge in [0.25, 0.3) is 5.78 Å². The Morgan fingerprint density at radius 1 is 0.960 bits per heavy atom. The lowest BCUT2D eigenvalue weighted by molar-refractivity contribution is -0.160. The number of esters is 1. The van der Waals surface area contributed by atoms with Gasteiger partial charge in [-0.25, -0.2) is 0 Å². The summed E-state index contributed by atoms with van der Waals surface area (Å²) in [7, 11) is 1.42. The Bertz CT molecular complexity index is 1660. The number of carbonyl (C=O) groups is 5. The molecule has 10 atom stereocenters. The van der Waals surface area contributed by atoms with E-state index in [-0.39, 0.29) is 34.6 Å². The van der Waals surface area contributed by atoms with Gasteiger partial charge >= 0.3 is 11.8 Å². The smallest absolute Gasteiger partial charge is 0.312 e. The van der Waals surface area contributed by atoms with Crippen molar-refractivity contribution in [3.05, 3.63) is 58.5 Å². The van der Waals surface area contributed by atoms with Crippen LogP contribution in [0.15, 0.2) is 36.3 Å². The maximum atomic E-state index is 13.9. The number of nitrogens with one attached hydrogen (secondary N) is 1. The van der Waals surface area contributed by atoms with Gasteiger partial charge in [0.05, 0.1) is 47.0 Å². The van der Waals surface area contributed by atoms with Crippen LogP contribution in [0, 0.1) is 36.5 Å². The minimum atomic E-state index is -2.02. The van der Waals surface area contributed by atoms with E-state index in [0.717, 1.165) is 6.08 Å². The number of hydrogen-bond donors (Lipinski definition) is 4. The van der Waals surface area contributed by atoms with Crippen molar-refractivity contribution in [3.63, 3.8) is 0 Å². The third kappa shape index (κ3) is 7.12. The van der Waals surface area contributed by atoms with Crippen LogP contribution in [0.25, 0.3) is 0 Å². The minimum absolute atomic E-state index is 0.0202. The topological polar surface area (TPSA) is 195 Å². The average Bonchev–Trinajstić information content (AvgIpc) is 3.33. The number of methoxy groups -OCH3 is 1. The lowest BCUT2D eigenvalue weighted by Gasteiger charge is -2.38. The highest BCUT2D eigenvalue weighted by Gasteiger charge is 2.51. The van der Waals surface area contributed by atoms with Gasteiger partial charge in [0.2, 0.25) is 11.7 Å².